The first kappa shape index (κ1) is 17.0. The number of likely N-dealkylation sites (N-methyl/N-ethyl adjacent to an activating group) is 1. The van der Waals surface area contributed by atoms with Crippen molar-refractivity contribution in [1.82, 2.24) is 10.2 Å². The van der Waals surface area contributed by atoms with Crippen LogP contribution in [0, 0.1) is 0 Å². The van der Waals surface area contributed by atoms with E-state index in [9.17, 15) is 9.90 Å². The maximum absolute atomic E-state index is 11.6. The van der Waals surface area contributed by atoms with Crippen LogP contribution in [0.15, 0.2) is 46.3 Å². The van der Waals surface area contributed by atoms with Gasteiger partial charge in [0.15, 0.2) is 0 Å². The lowest BCUT2D eigenvalue weighted by Crippen LogP contribution is -2.35. The minimum Gasteiger partial charge on any atom is -0.508 e. The first-order valence-corrected chi connectivity index (χ1v) is 7.03. The minimum atomic E-state index is -0.0282. The second kappa shape index (κ2) is 9.02. The van der Waals surface area contributed by atoms with Crippen molar-refractivity contribution in [3.05, 3.63) is 47.6 Å². The van der Waals surface area contributed by atoms with E-state index in [1.807, 2.05) is 24.0 Å². The molecule has 0 unspecified atom stereocenters. The van der Waals surface area contributed by atoms with Gasteiger partial charge >= 0.3 is 0 Å². The molecule has 0 saturated carbocycles. The highest BCUT2D eigenvalue weighted by molar-refractivity contribution is 5.77. The minimum absolute atomic E-state index is 0.0282. The van der Waals surface area contributed by atoms with Crippen molar-refractivity contribution >= 4 is 5.91 Å². The summed E-state index contributed by atoms with van der Waals surface area (Å²) in [6.45, 7) is 5.37. The number of nitrogens with one attached hydrogen (secondary N) is 1. The summed E-state index contributed by atoms with van der Waals surface area (Å²) in [6.07, 6.45) is 5.79. The molecule has 0 fully saturated rings. The van der Waals surface area contributed by atoms with Crippen LogP contribution in [0.1, 0.15) is 26.0 Å². The van der Waals surface area contributed by atoms with Crippen LogP contribution in [0.25, 0.3) is 0 Å². The fraction of sp³-hybridized carbons (Fsp3) is 0.438. The molecule has 1 amide bonds. The fourth-order valence-corrected chi connectivity index (χ4v) is 1.86. The zero-order valence-electron chi connectivity index (χ0n) is 12.9. The second-order valence-electron chi connectivity index (χ2n) is 4.92. The van der Waals surface area contributed by atoms with Gasteiger partial charge in [0.2, 0.25) is 5.91 Å². The summed E-state index contributed by atoms with van der Waals surface area (Å²) in [4.78, 5) is 13.6. The van der Waals surface area contributed by atoms with E-state index in [1.165, 1.54) is 0 Å². The van der Waals surface area contributed by atoms with Crippen molar-refractivity contribution in [2.24, 2.45) is 0 Å². The summed E-state index contributed by atoms with van der Waals surface area (Å²) < 4.78 is 5.33. The Balaban J connectivity index is 2.60. The zero-order chi connectivity index (χ0) is 15.7. The average molecular weight is 292 g/mol. The third kappa shape index (κ3) is 6.81. The van der Waals surface area contributed by atoms with Crippen LogP contribution in [0.4, 0.5) is 0 Å². The number of rotatable bonds is 8. The lowest BCUT2D eigenvalue weighted by atomic mass is 10.1. The maximum atomic E-state index is 11.6. The SMILES string of the molecule is C/C=C(O)\C=C(/C)CCN(CC(=O)NC)Cc1ccco1. The van der Waals surface area contributed by atoms with E-state index in [2.05, 4.69) is 5.32 Å². The lowest BCUT2D eigenvalue weighted by molar-refractivity contribution is -0.121. The van der Waals surface area contributed by atoms with E-state index >= 15 is 0 Å². The fourth-order valence-electron chi connectivity index (χ4n) is 1.86. The van der Waals surface area contributed by atoms with Gasteiger partial charge < -0.3 is 14.8 Å². The van der Waals surface area contributed by atoms with E-state index < -0.39 is 0 Å². The smallest absolute Gasteiger partial charge is 0.233 e. The van der Waals surface area contributed by atoms with E-state index in [4.69, 9.17) is 4.42 Å². The molecule has 0 radical (unpaired) electrons. The van der Waals surface area contributed by atoms with Crippen LogP contribution in [0.2, 0.25) is 0 Å². The number of allylic oxidation sites excluding steroid dienone is 2. The lowest BCUT2D eigenvalue weighted by Gasteiger charge is -2.20. The number of aliphatic hydroxyl groups excluding tert-OH is 1. The van der Waals surface area contributed by atoms with Crippen LogP contribution < -0.4 is 5.32 Å². The van der Waals surface area contributed by atoms with E-state index in [-0.39, 0.29) is 11.7 Å². The van der Waals surface area contributed by atoms with Crippen molar-refractivity contribution in [3.8, 4) is 0 Å². The molecule has 1 heterocycles. The Bertz CT molecular complexity index is 490. The number of hydrogen-bond donors (Lipinski definition) is 2. The highest BCUT2D eigenvalue weighted by atomic mass is 16.3. The molecule has 0 aliphatic carbocycles. The van der Waals surface area contributed by atoms with Gasteiger partial charge in [0.05, 0.1) is 19.4 Å². The average Bonchev–Trinajstić information content (AvgIpc) is 2.97. The Morgan fingerprint density at radius 1 is 1.52 bits per heavy atom. The normalized spacial score (nSPS) is 12.8. The molecule has 1 aromatic heterocycles. The number of aliphatic hydroxyl groups is 1. The summed E-state index contributed by atoms with van der Waals surface area (Å²) in [6, 6.07) is 3.73. The Morgan fingerprint density at radius 2 is 2.29 bits per heavy atom. The Hall–Kier alpha value is -2.01. The molecule has 0 aliphatic rings. The predicted molar refractivity (Wildman–Crippen MR) is 82.8 cm³/mol. The number of amides is 1. The van der Waals surface area contributed by atoms with Crippen LogP contribution in [-0.2, 0) is 11.3 Å². The summed E-state index contributed by atoms with van der Waals surface area (Å²) in [5, 5.41) is 12.1. The molecule has 0 aliphatic heterocycles. The zero-order valence-corrected chi connectivity index (χ0v) is 12.9. The molecule has 1 aromatic rings. The van der Waals surface area contributed by atoms with Gasteiger partial charge in [-0.15, -0.1) is 0 Å². The molecule has 116 valence electrons. The highest BCUT2D eigenvalue weighted by Gasteiger charge is 2.12. The van der Waals surface area contributed by atoms with Crippen LogP contribution in [0.3, 0.4) is 0 Å². The number of carbonyl (C=O) groups excluding carboxylic acids is 1. The second-order valence-corrected chi connectivity index (χ2v) is 4.92. The van der Waals surface area contributed by atoms with Gasteiger partial charge in [0, 0.05) is 13.6 Å². The van der Waals surface area contributed by atoms with Crippen molar-refractivity contribution in [3.63, 3.8) is 0 Å². The predicted octanol–water partition coefficient (Wildman–Crippen LogP) is 2.63. The third-order valence-corrected chi connectivity index (χ3v) is 3.12. The molecular weight excluding hydrogens is 268 g/mol. The largest absolute Gasteiger partial charge is 0.508 e. The third-order valence-electron chi connectivity index (χ3n) is 3.12. The van der Waals surface area contributed by atoms with Crippen LogP contribution in [0.5, 0.6) is 0 Å². The molecule has 5 nitrogen and oxygen atoms in total. The number of furan rings is 1. The van der Waals surface area contributed by atoms with Crippen molar-refractivity contribution in [2.75, 3.05) is 20.1 Å². The molecule has 5 heteroatoms. The van der Waals surface area contributed by atoms with Gasteiger partial charge in [0.25, 0.3) is 0 Å². The molecular formula is C16H24N2O3. The van der Waals surface area contributed by atoms with Crippen LogP contribution >= 0.6 is 0 Å². The highest BCUT2D eigenvalue weighted by Crippen LogP contribution is 2.10. The standard InChI is InChI=1S/C16H24N2O3/c1-4-14(19)10-13(2)7-8-18(12-16(20)17-3)11-15-6-5-9-21-15/h4-6,9-10,19H,7-8,11-12H2,1-3H3,(H,17,20)/b13-10+,14-4+. The number of hydrogen-bond acceptors (Lipinski definition) is 4. The maximum Gasteiger partial charge on any atom is 0.233 e. The summed E-state index contributed by atoms with van der Waals surface area (Å²) >= 11 is 0. The van der Waals surface area contributed by atoms with Crippen LogP contribution in [-0.4, -0.2) is 36.1 Å². The Kier molecular flexibility index (Phi) is 7.32. The van der Waals surface area contributed by atoms with Gasteiger partial charge in [-0.25, -0.2) is 0 Å². The van der Waals surface area contributed by atoms with Gasteiger partial charge in [-0.05, 0) is 44.6 Å². The van der Waals surface area contributed by atoms with E-state index in [0.717, 1.165) is 17.8 Å². The Labute approximate surface area is 125 Å². The summed E-state index contributed by atoms with van der Waals surface area (Å²) in [7, 11) is 1.63. The first-order chi connectivity index (χ1) is 10.0. The molecule has 0 aromatic carbocycles. The molecule has 0 saturated heterocycles. The summed E-state index contributed by atoms with van der Waals surface area (Å²) in [5.41, 5.74) is 1.06. The monoisotopic (exact) mass is 292 g/mol. The van der Waals surface area contributed by atoms with Gasteiger partial charge in [-0.1, -0.05) is 5.57 Å². The molecule has 2 N–H and O–H groups in total. The van der Waals surface area contributed by atoms with E-state index in [0.29, 0.717) is 19.6 Å². The van der Waals surface area contributed by atoms with Crippen molar-refractivity contribution in [2.45, 2.75) is 26.8 Å². The van der Waals surface area contributed by atoms with E-state index in [1.54, 1.807) is 32.4 Å². The molecule has 0 bridgehead atoms. The topological polar surface area (TPSA) is 65.7 Å². The van der Waals surface area contributed by atoms with Crippen molar-refractivity contribution < 1.29 is 14.3 Å². The molecule has 21 heavy (non-hydrogen) atoms. The summed E-state index contributed by atoms with van der Waals surface area (Å²) in [5.74, 6) is 1.06. The number of nitrogens with zero attached hydrogens (tertiary/aromatic N) is 1. The van der Waals surface area contributed by atoms with Gasteiger partial charge in [0.1, 0.15) is 11.5 Å². The van der Waals surface area contributed by atoms with Crippen molar-refractivity contribution in [1.29, 1.82) is 0 Å². The first-order valence-electron chi connectivity index (χ1n) is 7.03. The Morgan fingerprint density at radius 3 is 2.86 bits per heavy atom. The molecule has 0 spiro atoms. The quantitative estimate of drug-likeness (QED) is 0.571. The van der Waals surface area contributed by atoms with Gasteiger partial charge in [-0.3, -0.25) is 9.69 Å². The molecule has 0 atom stereocenters. The number of carbonyl (C=O) groups is 1. The molecule has 1 rings (SSSR count). The van der Waals surface area contributed by atoms with Gasteiger partial charge in [-0.2, -0.15) is 0 Å².